The van der Waals surface area contributed by atoms with Gasteiger partial charge in [0.05, 0.1) is 6.10 Å². The zero-order valence-electron chi connectivity index (χ0n) is 14.0. The van der Waals surface area contributed by atoms with Gasteiger partial charge in [-0.05, 0) is 43.9 Å². The fourth-order valence-corrected chi connectivity index (χ4v) is 4.81. The SMILES string of the molecule is O=C(NC[C@H]1CCCO1)c1ccc(F)c(S(=O)(=O)N2CCCCC2)c1. The van der Waals surface area contributed by atoms with E-state index in [9.17, 15) is 17.6 Å². The van der Waals surface area contributed by atoms with Gasteiger partial charge in [0.15, 0.2) is 0 Å². The normalized spacial score (nSPS) is 22.0. The van der Waals surface area contributed by atoms with E-state index in [1.165, 1.54) is 10.4 Å². The molecule has 2 aliphatic rings. The predicted molar refractivity (Wildman–Crippen MR) is 90.3 cm³/mol. The standard InChI is InChI=1S/C17H23FN2O4S/c18-15-7-6-13(17(21)19-12-14-5-4-10-24-14)11-16(15)25(22,23)20-8-2-1-3-9-20/h6-7,11,14H,1-5,8-10,12H2,(H,19,21)/t14-/m1/s1. The quantitative estimate of drug-likeness (QED) is 0.859. The Hall–Kier alpha value is -1.51. The Kier molecular flexibility index (Phi) is 5.71. The third-order valence-corrected chi connectivity index (χ3v) is 6.55. The van der Waals surface area contributed by atoms with E-state index in [0.717, 1.165) is 44.2 Å². The molecular formula is C17H23FN2O4S. The summed E-state index contributed by atoms with van der Waals surface area (Å²) < 4.78 is 46.3. The number of nitrogens with zero attached hydrogens (tertiary/aromatic N) is 1. The van der Waals surface area contributed by atoms with Crippen LogP contribution in [0.25, 0.3) is 0 Å². The molecule has 0 radical (unpaired) electrons. The van der Waals surface area contributed by atoms with Gasteiger partial charge in [-0.1, -0.05) is 6.42 Å². The minimum atomic E-state index is -3.93. The number of nitrogens with one attached hydrogen (secondary N) is 1. The lowest BCUT2D eigenvalue weighted by Gasteiger charge is -2.26. The molecule has 0 bridgehead atoms. The highest BCUT2D eigenvalue weighted by molar-refractivity contribution is 7.89. The first-order chi connectivity index (χ1) is 12.0. The molecule has 3 rings (SSSR count). The maximum absolute atomic E-state index is 14.2. The Morgan fingerprint density at radius 2 is 2.00 bits per heavy atom. The van der Waals surface area contributed by atoms with Crippen LogP contribution in [0.3, 0.4) is 0 Å². The second-order valence-electron chi connectivity index (χ2n) is 6.45. The molecule has 1 atom stereocenters. The molecule has 138 valence electrons. The summed E-state index contributed by atoms with van der Waals surface area (Å²) in [6, 6.07) is 3.47. The molecule has 2 aliphatic heterocycles. The second-order valence-corrected chi connectivity index (χ2v) is 8.36. The monoisotopic (exact) mass is 370 g/mol. The zero-order chi connectivity index (χ0) is 17.9. The van der Waals surface area contributed by atoms with Crippen molar-refractivity contribution in [2.75, 3.05) is 26.2 Å². The Labute approximate surface area is 147 Å². The van der Waals surface area contributed by atoms with Crippen LogP contribution in [0.4, 0.5) is 4.39 Å². The number of amides is 1. The van der Waals surface area contributed by atoms with Crippen molar-refractivity contribution in [3.63, 3.8) is 0 Å². The van der Waals surface area contributed by atoms with E-state index >= 15 is 0 Å². The van der Waals surface area contributed by atoms with Crippen LogP contribution in [0, 0.1) is 5.82 Å². The number of hydrogen-bond acceptors (Lipinski definition) is 4. The molecule has 1 aromatic rings. The molecule has 8 heteroatoms. The van der Waals surface area contributed by atoms with E-state index in [2.05, 4.69) is 5.32 Å². The summed E-state index contributed by atoms with van der Waals surface area (Å²) in [5.41, 5.74) is 0.134. The number of sulfonamides is 1. The summed E-state index contributed by atoms with van der Waals surface area (Å²) >= 11 is 0. The van der Waals surface area contributed by atoms with Crippen molar-refractivity contribution >= 4 is 15.9 Å². The average molecular weight is 370 g/mol. The smallest absolute Gasteiger partial charge is 0.251 e. The Morgan fingerprint density at radius 1 is 1.24 bits per heavy atom. The van der Waals surface area contributed by atoms with Gasteiger partial charge in [0.1, 0.15) is 10.7 Å². The topological polar surface area (TPSA) is 75.7 Å². The summed E-state index contributed by atoms with van der Waals surface area (Å²) in [6.45, 7) is 1.83. The first-order valence-corrected chi connectivity index (χ1v) is 10.1. The van der Waals surface area contributed by atoms with Crippen molar-refractivity contribution in [2.24, 2.45) is 0 Å². The van der Waals surface area contributed by atoms with Gasteiger partial charge in [-0.25, -0.2) is 12.8 Å². The third-order valence-electron chi connectivity index (χ3n) is 4.64. The third kappa shape index (κ3) is 4.19. The molecule has 0 aromatic heterocycles. The molecule has 6 nitrogen and oxygen atoms in total. The van der Waals surface area contributed by atoms with Crippen LogP contribution in [0.15, 0.2) is 23.1 Å². The van der Waals surface area contributed by atoms with Gasteiger partial charge in [0.25, 0.3) is 5.91 Å². The molecule has 0 saturated carbocycles. The van der Waals surface area contributed by atoms with Crippen molar-refractivity contribution in [2.45, 2.75) is 43.1 Å². The summed E-state index contributed by atoms with van der Waals surface area (Å²) in [5.74, 6) is -1.26. The van der Waals surface area contributed by atoms with Crippen molar-refractivity contribution in [1.29, 1.82) is 0 Å². The lowest BCUT2D eigenvalue weighted by atomic mass is 10.2. The largest absolute Gasteiger partial charge is 0.376 e. The van der Waals surface area contributed by atoms with Crippen molar-refractivity contribution in [3.05, 3.63) is 29.6 Å². The number of halogens is 1. The molecule has 25 heavy (non-hydrogen) atoms. The lowest BCUT2D eigenvalue weighted by molar-refractivity contribution is 0.0857. The predicted octanol–water partition coefficient (Wildman–Crippen LogP) is 1.91. The number of hydrogen-bond donors (Lipinski definition) is 1. The fourth-order valence-electron chi connectivity index (χ4n) is 3.20. The molecule has 0 spiro atoms. The van der Waals surface area contributed by atoms with Crippen molar-refractivity contribution in [3.8, 4) is 0 Å². The number of piperidine rings is 1. The molecule has 1 amide bonds. The van der Waals surface area contributed by atoms with E-state index in [0.29, 0.717) is 26.2 Å². The Morgan fingerprint density at radius 3 is 2.68 bits per heavy atom. The molecule has 2 fully saturated rings. The zero-order valence-corrected chi connectivity index (χ0v) is 14.9. The van der Waals surface area contributed by atoms with Crippen LogP contribution in [0.1, 0.15) is 42.5 Å². The van der Waals surface area contributed by atoms with Gasteiger partial charge >= 0.3 is 0 Å². The van der Waals surface area contributed by atoms with Crippen LogP contribution in [0.2, 0.25) is 0 Å². The van der Waals surface area contributed by atoms with Gasteiger partial charge in [0, 0.05) is 31.8 Å². The minimum Gasteiger partial charge on any atom is -0.376 e. The molecule has 0 unspecified atom stereocenters. The highest BCUT2D eigenvalue weighted by Gasteiger charge is 2.29. The highest BCUT2D eigenvalue weighted by Crippen LogP contribution is 2.24. The summed E-state index contributed by atoms with van der Waals surface area (Å²) in [7, 11) is -3.93. The lowest BCUT2D eigenvalue weighted by Crippen LogP contribution is -2.36. The van der Waals surface area contributed by atoms with Gasteiger partial charge in [-0.2, -0.15) is 4.31 Å². The second kappa shape index (κ2) is 7.80. The summed E-state index contributed by atoms with van der Waals surface area (Å²) in [6.07, 6.45) is 4.35. The maximum atomic E-state index is 14.2. The van der Waals surface area contributed by atoms with Crippen LogP contribution < -0.4 is 5.32 Å². The van der Waals surface area contributed by atoms with Gasteiger partial charge < -0.3 is 10.1 Å². The number of benzene rings is 1. The van der Waals surface area contributed by atoms with Crippen molar-refractivity contribution in [1.82, 2.24) is 9.62 Å². The minimum absolute atomic E-state index is 0.0130. The van der Waals surface area contributed by atoms with E-state index in [4.69, 9.17) is 4.74 Å². The number of rotatable bonds is 5. The van der Waals surface area contributed by atoms with Crippen molar-refractivity contribution < 1.29 is 22.3 Å². The van der Waals surface area contributed by atoms with Crippen LogP contribution in [-0.2, 0) is 14.8 Å². The summed E-state index contributed by atoms with van der Waals surface area (Å²) in [5, 5.41) is 2.72. The van der Waals surface area contributed by atoms with E-state index in [1.54, 1.807) is 0 Å². The Bertz CT molecular complexity index is 726. The van der Waals surface area contributed by atoms with Crippen LogP contribution in [-0.4, -0.2) is 51.0 Å². The number of carbonyl (C=O) groups is 1. The van der Waals surface area contributed by atoms with E-state index < -0.39 is 26.6 Å². The molecule has 1 N–H and O–H groups in total. The molecule has 2 saturated heterocycles. The number of ether oxygens (including phenoxy) is 1. The molecule has 0 aliphatic carbocycles. The van der Waals surface area contributed by atoms with Gasteiger partial charge in [-0.15, -0.1) is 0 Å². The average Bonchev–Trinajstić information content (AvgIpc) is 3.14. The molecular weight excluding hydrogens is 347 g/mol. The van der Waals surface area contributed by atoms with E-state index in [1.807, 2.05) is 0 Å². The number of carbonyl (C=O) groups excluding carboxylic acids is 1. The molecule has 1 aromatic carbocycles. The first kappa shape index (κ1) is 18.3. The molecule has 2 heterocycles. The van der Waals surface area contributed by atoms with Gasteiger partial charge in [-0.3, -0.25) is 4.79 Å². The highest BCUT2D eigenvalue weighted by atomic mass is 32.2. The Balaban J connectivity index is 1.76. The van der Waals surface area contributed by atoms with Crippen LogP contribution in [0.5, 0.6) is 0 Å². The summed E-state index contributed by atoms with van der Waals surface area (Å²) in [4.78, 5) is 11.8. The fraction of sp³-hybridized carbons (Fsp3) is 0.588. The van der Waals surface area contributed by atoms with Gasteiger partial charge in [0.2, 0.25) is 10.0 Å². The first-order valence-electron chi connectivity index (χ1n) is 8.68. The van der Waals surface area contributed by atoms with E-state index in [-0.39, 0.29) is 11.7 Å². The van der Waals surface area contributed by atoms with Crippen LogP contribution >= 0.6 is 0 Å². The maximum Gasteiger partial charge on any atom is 0.251 e.